The van der Waals surface area contributed by atoms with E-state index in [1.54, 1.807) is 16.8 Å². The molecule has 2 aromatic heterocycles. The summed E-state index contributed by atoms with van der Waals surface area (Å²) >= 11 is 2.98. The number of thiophene rings is 1. The summed E-state index contributed by atoms with van der Waals surface area (Å²) < 4.78 is 0. The molecule has 0 radical (unpaired) electrons. The van der Waals surface area contributed by atoms with Crippen LogP contribution in [0.5, 0.6) is 0 Å². The van der Waals surface area contributed by atoms with Crippen molar-refractivity contribution in [3.63, 3.8) is 0 Å². The molecule has 0 saturated carbocycles. The highest BCUT2D eigenvalue weighted by molar-refractivity contribution is 7.10. The molecule has 4 nitrogen and oxygen atoms in total. The molecule has 0 aliphatic carbocycles. The van der Waals surface area contributed by atoms with Crippen molar-refractivity contribution in [1.82, 2.24) is 10.3 Å². The van der Waals surface area contributed by atoms with Crippen LogP contribution in [0.3, 0.4) is 0 Å². The van der Waals surface area contributed by atoms with Crippen molar-refractivity contribution in [2.24, 2.45) is 0 Å². The van der Waals surface area contributed by atoms with Gasteiger partial charge in [-0.1, -0.05) is 6.07 Å². The van der Waals surface area contributed by atoms with Gasteiger partial charge in [0.1, 0.15) is 6.04 Å². The molecule has 0 aliphatic rings. The molecule has 1 unspecified atom stereocenters. The van der Waals surface area contributed by atoms with Gasteiger partial charge in [0.15, 0.2) is 0 Å². The van der Waals surface area contributed by atoms with E-state index in [2.05, 4.69) is 10.3 Å². The summed E-state index contributed by atoms with van der Waals surface area (Å²) in [6, 6.07) is 3.26. The molecule has 2 rings (SSSR count). The molecular weight excluding hydrogens is 256 g/mol. The smallest absolute Gasteiger partial charge is 0.326 e. The lowest BCUT2D eigenvalue weighted by molar-refractivity contribution is -0.139. The van der Waals surface area contributed by atoms with Crippen molar-refractivity contribution in [3.8, 4) is 0 Å². The minimum atomic E-state index is -0.867. The van der Waals surface area contributed by atoms with Gasteiger partial charge >= 0.3 is 5.97 Å². The zero-order valence-electron chi connectivity index (χ0n) is 9.21. The average molecular weight is 268 g/mol. The minimum Gasteiger partial charge on any atom is -0.480 e. The van der Waals surface area contributed by atoms with E-state index in [1.165, 1.54) is 11.3 Å². The molecule has 2 N–H and O–H groups in total. The van der Waals surface area contributed by atoms with Gasteiger partial charge in [-0.15, -0.1) is 22.7 Å². The van der Waals surface area contributed by atoms with E-state index in [0.29, 0.717) is 6.54 Å². The Balaban J connectivity index is 2.09. The third-order valence-electron chi connectivity index (χ3n) is 2.35. The maximum atomic E-state index is 11.2. The van der Waals surface area contributed by atoms with Crippen molar-refractivity contribution in [2.45, 2.75) is 19.5 Å². The van der Waals surface area contributed by atoms with Crippen LogP contribution >= 0.6 is 22.7 Å². The Morgan fingerprint density at radius 3 is 2.94 bits per heavy atom. The van der Waals surface area contributed by atoms with E-state index in [4.69, 9.17) is 0 Å². The Bertz CT molecular complexity index is 493. The molecule has 2 heterocycles. The lowest BCUT2D eigenvalue weighted by Gasteiger charge is -2.12. The molecule has 6 heteroatoms. The molecular formula is C11H12N2O2S2. The highest BCUT2D eigenvalue weighted by atomic mass is 32.1. The summed E-state index contributed by atoms with van der Waals surface area (Å²) in [4.78, 5) is 17.2. The number of aromatic nitrogens is 1. The number of hydrogen-bond donors (Lipinski definition) is 2. The second-order valence-electron chi connectivity index (χ2n) is 3.53. The fourth-order valence-corrected chi connectivity index (χ4v) is 3.02. The molecule has 0 bridgehead atoms. The van der Waals surface area contributed by atoms with Crippen LogP contribution in [0.25, 0.3) is 0 Å². The molecule has 90 valence electrons. The van der Waals surface area contributed by atoms with Gasteiger partial charge in [0.05, 0.1) is 16.1 Å². The third kappa shape index (κ3) is 2.91. The topological polar surface area (TPSA) is 62.2 Å². The highest BCUT2D eigenvalue weighted by Gasteiger charge is 2.22. The largest absolute Gasteiger partial charge is 0.480 e. The molecule has 1 atom stereocenters. The van der Waals surface area contributed by atoms with Crippen LogP contribution in [0, 0.1) is 6.92 Å². The summed E-state index contributed by atoms with van der Waals surface area (Å²) in [5, 5.41) is 14.2. The predicted octanol–water partition coefficient (Wildman–Crippen LogP) is 2.43. The number of nitrogens with zero attached hydrogens (tertiary/aromatic N) is 1. The van der Waals surface area contributed by atoms with Crippen LogP contribution in [-0.4, -0.2) is 16.1 Å². The van der Waals surface area contributed by atoms with Crippen LogP contribution in [0.2, 0.25) is 0 Å². The Hall–Kier alpha value is -1.24. The number of aryl methyl sites for hydroxylation is 1. The summed E-state index contributed by atoms with van der Waals surface area (Å²) in [5.41, 5.74) is 2.45. The standard InChI is InChI=1S/C11H12N2O2S2/c1-7-10(17-6-13-7)9(11(14)15)12-5-8-3-2-4-16-8/h2-4,6,9,12H,5H2,1H3,(H,14,15). The second kappa shape index (κ2) is 5.39. The number of nitrogens with one attached hydrogen (secondary N) is 1. The maximum absolute atomic E-state index is 11.2. The zero-order valence-corrected chi connectivity index (χ0v) is 10.8. The van der Waals surface area contributed by atoms with Crippen LogP contribution in [-0.2, 0) is 11.3 Å². The molecule has 0 saturated heterocycles. The quantitative estimate of drug-likeness (QED) is 0.874. The van der Waals surface area contributed by atoms with E-state index in [-0.39, 0.29) is 0 Å². The van der Waals surface area contributed by atoms with Crippen molar-refractivity contribution in [1.29, 1.82) is 0 Å². The number of rotatable bonds is 5. The van der Waals surface area contributed by atoms with Crippen molar-refractivity contribution >= 4 is 28.6 Å². The van der Waals surface area contributed by atoms with E-state index >= 15 is 0 Å². The van der Waals surface area contributed by atoms with Gasteiger partial charge < -0.3 is 5.11 Å². The first-order valence-electron chi connectivity index (χ1n) is 5.07. The molecule has 2 aromatic rings. The van der Waals surface area contributed by atoms with Crippen LogP contribution < -0.4 is 5.32 Å². The zero-order chi connectivity index (χ0) is 12.3. The van der Waals surface area contributed by atoms with Gasteiger partial charge in [-0.3, -0.25) is 10.1 Å². The molecule has 0 amide bonds. The first-order valence-corrected chi connectivity index (χ1v) is 6.83. The van der Waals surface area contributed by atoms with E-state index in [1.807, 2.05) is 24.4 Å². The number of carboxylic acids is 1. The van der Waals surface area contributed by atoms with E-state index in [0.717, 1.165) is 15.4 Å². The third-order valence-corrected chi connectivity index (χ3v) is 4.22. The van der Waals surface area contributed by atoms with Gasteiger partial charge in [0, 0.05) is 11.4 Å². The fourth-order valence-electron chi connectivity index (χ4n) is 1.50. The Kier molecular flexibility index (Phi) is 3.88. The number of aliphatic carboxylic acids is 1. The molecule has 0 aliphatic heterocycles. The van der Waals surface area contributed by atoms with Gasteiger partial charge in [-0.25, -0.2) is 4.98 Å². The molecule has 17 heavy (non-hydrogen) atoms. The number of carbonyl (C=O) groups is 1. The Morgan fingerprint density at radius 1 is 1.59 bits per heavy atom. The monoisotopic (exact) mass is 268 g/mol. The van der Waals surface area contributed by atoms with Crippen LogP contribution in [0.4, 0.5) is 0 Å². The summed E-state index contributed by atoms with van der Waals surface area (Å²) in [7, 11) is 0. The van der Waals surface area contributed by atoms with Gasteiger partial charge in [-0.05, 0) is 18.4 Å². The highest BCUT2D eigenvalue weighted by Crippen LogP contribution is 2.22. The predicted molar refractivity (Wildman–Crippen MR) is 68.4 cm³/mol. The normalized spacial score (nSPS) is 12.5. The lowest BCUT2D eigenvalue weighted by atomic mass is 10.2. The lowest BCUT2D eigenvalue weighted by Crippen LogP contribution is -2.27. The maximum Gasteiger partial charge on any atom is 0.326 e. The SMILES string of the molecule is Cc1ncsc1C(NCc1cccs1)C(=O)O. The van der Waals surface area contributed by atoms with Crippen LogP contribution in [0.1, 0.15) is 21.5 Å². The average Bonchev–Trinajstić information content (AvgIpc) is 2.91. The number of carboxylic acid groups (broad SMARTS) is 1. The Labute approximate surface area is 107 Å². The summed E-state index contributed by atoms with van der Waals surface area (Å²) in [5.74, 6) is -0.867. The van der Waals surface area contributed by atoms with Gasteiger partial charge in [0.2, 0.25) is 0 Å². The first-order chi connectivity index (χ1) is 8.18. The Morgan fingerprint density at radius 2 is 2.41 bits per heavy atom. The van der Waals surface area contributed by atoms with Crippen molar-refractivity contribution in [2.75, 3.05) is 0 Å². The number of thiazole rings is 1. The molecule has 0 aromatic carbocycles. The fraction of sp³-hybridized carbons (Fsp3) is 0.273. The molecule has 0 fully saturated rings. The van der Waals surface area contributed by atoms with Gasteiger partial charge in [0.25, 0.3) is 0 Å². The number of hydrogen-bond acceptors (Lipinski definition) is 5. The summed E-state index contributed by atoms with van der Waals surface area (Å²) in [6.07, 6.45) is 0. The van der Waals surface area contributed by atoms with E-state index in [9.17, 15) is 9.90 Å². The van der Waals surface area contributed by atoms with E-state index < -0.39 is 12.0 Å². The summed E-state index contributed by atoms with van der Waals surface area (Å²) in [6.45, 7) is 2.39. The first kappa shape index (κ1) is 12.2. The second-order valence-corrected chi connectivity index (χ2v) is 5.45. The van der Waals surface area contributed by atoms with Gasteiger partial charge in [-0.2, -0.15) is 0 Å². The van der Waals surface area contributed by atoms with Crippen LogP contribution in [0.15, 0.2) is 23.0 Å². The molecule has 0 spiro atoms. The van der Waals surface area contributed by atoms with Crippen molar-refractivity contribution in [3.05, 3.63) is 38.5 Å². The minimum absolute atomic E-state index is 0.561. The van der Waals surface area contributed by atoms with Crippen molar-refractivity contribution < 1.29 is 9.90 Å².